The van der Waals surface area contributed by atoms with Gasteiger partial charge in [0.2, 0.25) is 0 Å². The van der Waals surface area contributed by atoms with Gasteiger partial charge in [-0.05, 0) is 75.1 Å². The van der Waals surface area contributed by atoms with Gasteiger partial charge in [-0.1, -0.05) is 13.8 Å². The molecule has 1 atom stereocenters. The number of hydrogen-bond donors (Lipinski definition) is 5. The zero-order chi connectivity index (χ0) is 26.4. The van der Waals surface area contributed by atoms with Crippen LogP contribution in [0.4, 0.5) is 22.7 Å². The Bertz CT molecular complexity index is 1580. The number of phenolic OH excluding ortho intramolecular Hbond substituents is 1. The third-order valence-electron chi connectivity index (χ3n) is 5.95. The van der Waals surface area contributed by atoms with Crippen LogP contribution in [-0.2, 0) is 10.1 Å². The second-order valence-electron chi connectivity index (χ2n) is 10.0. The van der Waals surface area contributed by atoms with Crippen molar-refractivity contribution in [2.45, 2.75) is 57.4 Å². The van der Waals surface area contributed by atoms with Crippen molar-refractivity contribution in [3.8, 4) is 5.75 Å². The van der Waals surface area contributed by atoms with Crippen LogP contribution in [0.3, 0.4) is 0 Å². The summed E-state index contributed by atoms with van der Waals surface area (Å²) in [5.74, 6) is 0.115. The monoisotopic (exact) mass is 509 g/mol. The summed E-state index contributed by atoms with van der Waals surface area (Å²) in [6.07, 6.45) is 0.942. The molecule has 0 saturated carbocycles. The van der Waals surface area contributed by atoms with Gasteiger partial charge < -0.3 is 21.5 Å². The predicted molar refractivity (Wildman–Crippen MR) is 145 cm³/mol. The van der Waals surface area contributed by atoms with Crippen molar-refractivity contribution in [3.63, 3.8) is 0 Å². The van der Waals surface area contributed by atoms with E-state index in [1.54, 1.807) is 18.2 Å². The van der Waals surface area contributed by atoms with Crippen molar-refractivity contribution in [2.24, 2.45) is 0 Å². The molecule has 0 radical (unpaired) electrons. The van der Waals surface area contributed by atoms with Gasteiger partial charge in [-0.2, -0.15) is 8.42 Å². The van der Waals surface area contributed by atoms with E-state index in [1.807, 2.05) is 32.9 Å². The molecule has 9 nitrogen and oxygen atoms in total. The lowest BCUT2D eigenvalue weighted by atomic mass is 9.96. The molecule has 1 aromatic heterocycles. The zero-order valence-corrected chi connectivity index (χ0v) is 21.7. The molecule has 6 N–H and O–H groups in total. The molecule has 0 spiro atoms. The molecule has 0 aliphatic carbocycles. The molecule has 0 saturated heterocycles. The van der Waals surface area contributed by atoms with Gasteiger partial charge in [0, 0.05) is 23.0 Å². The molecule has 36 heavy (non-hydrogen) atoms. The van der Waals surface area contributed by atoms with Crippen molar-refractivity contribution in [2.75, 3.05) is 16.4 Å². The van der Waals surface area contributed by atoms with Crippen LogP contribution in [0.5, 0.6) is 5.75 Å². The molecule has 1 heterocycles. The summed E-state index contributed by atoms with van der Waals surface area (Å²) in [5.41, 5.74) is 10.9. The summed E-state index contributed by atoms with van der Waals surface area (Å²) in [4.78, 5) is 9.06. The number of rotatable bonds is 6. The maximum absolute atomic E-state index is 12.1. The minimum absolute atomic E-state index is 0.0226. The van der Waals surface area contributed by atoms with Crippen LogP contribution in [0.2, 0.25) is 0 Å². The first-order valence-electron chi connectivity index (χ1n) is 11.7. The number of aromatic hydroxyl groups is 1. The van der Waals surface area contributed by atoms with Gasteiger partial charge in [-0.25, -0.2) is 9.97 Å². The molecule has 4 rings (SSSR count). The average molecular weight is 510 g/mol. The smallest absolute Gasteiger partial charge is 0.296 e. The minimum Gasteiger partial charge on any atom is -0.506 e. The van der Waals surface area contributed by atoms with E-state index in [2.05, 4.69) is 29.5 Å². The van der Waals surface area contributed by atoms with E-state index in [0.717, 1.165) is 12.0 Å². The number of nitrogens with one attached hydrogen (secondary N) is 2. The molecule has 0 aliphatic rings. The average Bonchev–Trinajstić information content (AvgIpc) is 2.77. The summed E-state index contributed by atoms with van der Waals surface area (Å²) in [7, 11) is -4.59. The third kappa shape index (κ3) is 5.29. The molecule has 0 amide bonds. The van der Waals surface area contributed by atoms with Gasteiger partial charge in [-0.3, -0.25) is 4.55 Å². The topological polar surface area (TPSA) is 150 Å². The molecule has 0 aliphatic heterocycles. The van der Waals surface area contributed by atoms with E-state index in [0.29, 0.717) is 33.4 Å². The predicted octanol–water partition coefficient (Wildman–Crippen LogP) is 5.79. The number of anilines is 4. The molecule has 0 bridgehead atoms. The Labute approximate surface area is 210 Å². The zero-order valence-electron chi connectivity index (χ0n) is 20.9. The number of fused-ring (bicyclic) bond motifs is 2. The molecule has 190 valence electrons. The fourth-order valence-electron chi connectivity index (χ4n) is 4.02. The second kappa shape index (κ2) is 9.11. The van der Waals surface area contributed by atoms with Gasteiger partial charge >= 0.3 is 0 Å². The van der Waals surface area contributed by atoms with Crippen molar-refractivity contribution < 1.29 is 18.1 Å². The Morgan fingerprint density at radius 2 is 1.61 bits per heavy atom. The molecular weight excluding hydrogens is 478 g/mol. The largest absolute Gasteiger partial charge is 0.506 e. The van der Waals surface area contributed by atoms with Gasteiger partial charge in [0.15, 0.2) is 0 Å². The Morgan fingerprint density at radius 3 is 2.25 bits per heavy atom. The highest BCUT2D eigenvalue weighted by Crippen LogP contribution is 2.37. The number of nitrogen functional groups attached to an aromatic ring is 1. The van der Waals surface area contributed by atoms with Crippen LogP contribution >= 0.6 is 0 Å². The molecular formula is C26H31N5O4S. The minimum atomic E-state index is -4.59. The number of benzene rings is 3. The maximum Gasteiger partial charge on any atom is 0.296 e. The fraction of sp³-hybridized carbons (Fsp3) is 0.308. The van der Waals surface area contributed by atoms with E-state index in [9.17, 15) is 18.1 Å². The first-order chi connectivity index (χ1) is 16.7. The SMILES string of the molecule is CCC(C)c1cc2nc3cc(Nc4cc(O)c(NC(C)(C)C)cc4S(=O)(=O)O)ccc3nc2cc1N. The van der Waals surface area contributed by atoms with Crippen LogP contribution in [-0.4, -0.2) is 33.6 Å². The molecule has 3 aromatic carbocycles. The molecule has 1 unspecified atom stereocenters. The number of hydrogen-bond acceptors (Lipinski definition) is 8. The standard InChI is InChI=1S/C26H31N5O4S/c1-6-14(2)16-10-20-21(11-17(16)27)29-18-8-7-15(9-19(18)30-20)28-23-12-24(32)22(31-26(3,4)5)13-25(23)36(33,34)35/h7-14,28,31-32H,6,27H2,1-5H3,(H,33,34,35). The maximum atomic E-state index is 12.1. The normalized spacial score (nSPS) is 13.2. The van der Waals surface area contributed by atoms with E-state index in [-0.39, 0.29) is 27.9 Å². The van der Waals surface area contributed by atoms with Crippen LogP contribution in [0.25, 0.3) is 22.1 Å². The lowest BCUT2D eigenvalue weighted by molar-refractivity contribution is 0.472. The lowest BCUT2D eigenvalue weighted by Crippen LogP contribution is -2.26. The Hall–Kier alpha value is -3.63. The lowest BCUT2D eigenvalue weighted by Gasteiger charge is -2.24. The number of nitrogens with two attached hydrogens (primary N) is 1. The highest BCUT2D eigenvalue weighted by molar-refractivity contribution is 7.86. The van der Waals surface area contributed by atoms with Gasteiger partial charge in [0.1, 0.15) is 10.6 Å². The summed E-state index contributed by atoms with van der Waals surface area (Å²) >= 11 is 0. The molecule has 10 heteroatoms. The van der Waals surface area contributed by atoms with Gasteiger partial charge in [0.25, 0.3) is 10.1 Å². The van der Waals surface area contributed by atoms with Crippen molar-refractivity contribution in [3.05, 3.63) is 48.0 Å². The molecule has 0 fully saturated rings. The highest BCUT2D eigenvalue weighted by atomic mass is 32.2. The quantitative estimate of drug-likeness (QED) is 0.0942. The Morgan fingerprint density at radius 1 is 0.972 bits per heavy atom. The summed E-state index contributed by atoms with van der Waals surface area (Å²) in [6.45, 7) is 9.81. The first kappa shape index (κ1) is 25.5. The van der Waals surface area contributed by atoms with Crippen LogP contribution in [0.1, 0.15) is 52.5 Å². The van der Waals surface area contributed by atoms with Crippen LogP contribution < -0.4 is 16.4 Å². The van der Waals surface area contributed by atoms with E-state index >= 15 is 0 Å². The number of phenols is 1. The van der Waals surface area contributed by atoms with Crippen molar-refractivity contribution in [1.29, 1.82) is 0 Å². The van der Waals surface area contributed by atoms with Crippen molar-refractivity contribution >= 4 is 54.9 Å². The Kier molecular flexibility index (Phi) is 6.44. The summed E-state index contributed by atoms with van der Waals surface area (Å²) in [6, 6.07) is 11.5. The molecule has 4 aromatic rings. The number of aromatic nitrogens is 2. The number of nitrogens with zero attached hydrogens (tertiary/aromatic N) is 2. The highest BCUT2D eigenvalue weighted by Gasteiger charge is 2.22. The fourth-order valence-corrected chi connectivity index (χ4v) is 4.67. The van der Waals surface area contributed by atoms with E-state index in [4.69, 9.17) is 10.7 Å². The van der Waals surface area contributed by atoms with Gasteiger partial charge in [-0.15, -0.1) is 0 Å². The van der Waals surface area contributed by atoms with Crippen LogP contribution in [0, 0.1) is 0 Å². The van der Waals surface area contributed by atoms with E-state index in [1.165, 1.54) is 12.1 Å². The first-order valence-corrected chi connectivity index (χ1v) is 13.1. The summed E-state index contributed by atoms with van der Waals surface area (Å²) in [5, 5.41) is 16.5. The van der Waals surface area contributed by atoms with Crippen molar-refractivity contribution in [1.82, 2.24) is 9.97 Å². The third-order valence-corrected chi connectivity index (χ3v) is 6.84. The van der Waals surface area contributed by atoms with E-state index < -0.39 is 15.7 Å². The van der Waals surface area contributed by atoms with Crippen LogP contribution in [0.15, 0.2) is 47.4 Å². The summed E-state index contributed by atoms with van der Waals surface area (Å²) < 4.78 is 34.1. The Balaban J connectivity index is 1.78. The van der Waals surface area contributed by atoms with Gasteiger partial charge in [0.05, 0.1) is 33.4 Å². The second-order valence-corrected chi connectivity index (χ2v) is 11.4.